The molecular formula is C35H35Br2N3O6. The molecule has 1 aliphatic rings. The van der Waals surface area contributed by atoms with E-state index in [1.807, 2.05) is 84.9 Å². The summed E-state index contributed by atoms with van der Waals surface area (Å²) in [6, 6.07) is 28.4. The molecule has 240 valence electrons. The van der Waals surface area contributed by atoms with Gasteiger partial charge in [-0.1, -0.05) is 62.2 Å². The van der Waals surface area contributed by atoms with Gasteiger partial charge in [0.1, 0.15) is 17.2 Å². The first-order valence-corrected chi connectivity index (χ1v) is 16.3. The van der Waals surface area contributed by atoms with Gasteiger partial charge in [0.2, 0.25) is 5.90 Å². The Hall–Kier alpha value is -3.90. The van der Waals surface area contributed by atoms with E-state index in [1.54, 1.807) is 20.3 Å². The van der Waals surface area contributed by atoms with Crippen LogP contribution in [0.3, 0.4) is 0 Å². The van der Waals surface area contributed by atoms with Crippen LogP contribution in [0, 0.1) is 0 Å². The van der Waals surface area contributed by atoms with Crippen LogP contribution in [0.15, 0.2) is 105 Å². The number of hydrazine groups is 1. The van der Waals surface area contributed by atoms with Gasteiger partial charge in [-0.2, -0.15) is 0 Å². The zero-order valence-corrected chi connectivity index (χ0v) is 28.6. The zero-order chi connectivity index (χ0) is 32.5. The van der Waals surface area contributed by atoms with E-state index in [-0.39, 0.29) is 18.9 Å². The number of carbonyl (C=O) groups excluding carboxylic acids is 1. The minimum absolute atomic E-state index is 0.0598. The number of nitrogens with one attached hydrogen (secondary N) is 2. The van der Waals surface area contributed by atoms with E-state index in [1.165, 1.54) is 0 Å². The zero-order valence-electron chi connectivity index (χ0n) is 25.5. The van der Waals surface area contributed by atoms with Crippen molar-refractivity contribution >= 4 is 43.7 Å². The van der Waals surface area contributed by atoms with Crippen LogP contribution in [-0.4, -0.2) is 49.9 Å². The molecule has 4 aromatic rings. The van der Waals surface area contributed by atoms with Gasteiger partial charge < -0.3 is 24.1 Å². The van der Waals surface area contributed by atoms with Crippen molar-refractivity contribution in [2.45, 2.75) is 31.0 Å². The number of rotatable bonds is 14. The van der Waals surface area contributed by atoms with Gasteiger partial charge in [0.15, 0.2) is 11.6 Å². The molecule has 0 aliphatic carbocycles. The Morgan fingerprint density at radius 3 is 2.26 bits per heavy atom. The van der Waals surface area contributed by atoms with Gasteiger partial charge in [-0.15, -0.1) is 0 Å². The van der Waals surface area contributed by atoms with Gasteiger partial charge in [0.25, 0.3) is 5.91 Å². The molecule has 11 heteroatoms. The van der Waals surface area contributed by atoms with Crippen molar-refractivity contribution < 1.29 is 28.8 Å². The number of aliphatic hydroxyl groups is 1. The highest BCUT2D eigenvalue weighted by atomic mass is 79.9. The summed E-state index contributed by atoms with van der Waals surface area (Å²) in [5.74, 6) is 1.94. The molecule has 9 nitrogen and oxygen atoms in total. The molecule has 0 saturated carbocycles. The number of benzene rings is 4. The van der Waals surface area contributed by atoms with Crippen LogP contribution in [0.1, 0.15) is 34.8 Å². The molecule has 0 fully saturated rings. The molecule has 1 heterocycles. The molecular weight excluding hydrogens is 718 g/mol. The Bertz CT molecular complexity index is 1640. The normalized spacial score (nSPS) is 17.2. The Morgan fingerprint density at radius 1 is 0.913 bits per heavy atom. The van der Waals surface area contributed by atoms with Crippen LogP contribution < -0.4 is 25.1 Å². The Labute approximate surface area is 285 Å². The van der Waals surface area contributed by atoms with Gasteiger partial charge in [0.05, 0.1) is 20.8 Å². The molecule has 4 aromatic carbocycles. The second-order valence-corrected chi connectivity index (χ2v) is 12.4. The third-order valence-corrected chi connectivity index (χ3v) is 8.76. The number of methoxy groups -OCH3 is 2. The molecule has 0 unspecified atom stereocenters. The summed E-state index contributed by atoms with van der Waals surface area (Å²) in [4.78, 5) is 19.6. The highest BCUT2D eigenvalue weighted by molar-refractivity contribution is 9.10. The first-order valence-electron chi connectivity index (χ1n) is 14.7. The lowest BCUT2D eigenvalue weighted by molar-refractivity contribution is -0.130. The monoisotopic (exact) mass is 751 g/mol. The molecule has 0 radical (unpaired) electrons. The average molecular weight is 753 g/mol. The third kappa shape index (κ3) is 7.90. The minimum atomic E-state index is -1.39. The number of aliphatic imine (C=N–C) groups is 1. The van der Waals surface area contributed by atoms with Crippen molar-refractivity contribution in [2.24, 2.45) is 4.99 Å². The average Bonchev–Trinajstić information content (AvgIpc) is 3.46. The molecule has 2 atom stereocenters. The summed E-state index contributed by atoms with van der Waals surface area (Å²) in [6.07, 6.45) is 0.0395. The highest BCUT2D eigenvalue weighted by Gasteiger charge is 2.54. The first-order chi connectivity index (χ1) is 22.3. The number of carbonyl (C=O) groups is 1. The van der Waals surface area contributed by atoms with Crippen molar-refractivity contribution in [3.05, 3.63) is 122 Å². The summed E-state index contributed by atoms with van der Waals surface area (Å²) < 4.78 is 24.9. The maximum absolute atomic E-state index is 14.5. The molecule has 1 aliphatic heterocycles. The summed E-state index contributed by atoms with van der Waals surface area (Å²) >= 11 is 7.20. The van der Waals surface area contributed by atoms with Crippen molar-refractivity contribution in [3.8, 4) is 17.2 Å². The minimum Gasteiger partial charge on any atom is -0.497 e. The summed E-state index contributed by atoms with van der Waals surface area (Å²) in [5, 5.41) is 9.07. The molecule has 0 spiro atoms. The summed E-state index contributed by atoms with van der Waals surface area (Å²) in [6.45, 7) is 0.774. The van der Waals surface area contributed by atoms with Crippen LogP contribution in [0.2, 0.25) is 0 Å². The van der Waals surface area contributed by atoms with E-state index in [0.717, 1.165) is 25.6 Å². The van der Waals surface area contributed by atoms with Gasteiger partial charge in [-0.3, -0.25) is 10.2 Å². The van der Waals surface area contributed by atoms with Crippen LogP contribution in [0.25, 0.3) is 0 Å². The van der Waals surface area contributed by atoms with E-state index in [0.29, 0.717) is 48.3 Å². The van der Waals surface area contributed by atoms with E-state index in [4.69, 9.17) is 29.0 Å². The Balaban J connectivity index is 1.51. The fourth-order valence-electron chi connectivity index (χ4n) is 5.16. The number of ether oxygens (including phenoxy) is 4. The SMILES string of the molecule is COc1cc(CNNC(=O)[C@@]2(Cc3ccc(Br)cc3)N=C(c3ccc(OCCCO)cc3)O[C@H]2c2ccccc2Br)cc(OC)c1. The van der Waals surface area contributed by atoms with Crippen molar-refractivity contribution in [2.75, 3.05) is 27.4 Å². The van der Waals surface area contributed by atoms with E-state index < -0.39 is 11.6 Å². The second-order valence-electron chi connectivity index (χ2n) is 10.6. The van der Waals surface area contributed by atoms with Crippen LogP contribution in [-0.2, 0) is 22.5 Å². The van der Waals surface area contributed by atoms with Gasteiger partial charge in [0, 0.05) is 52.1 Å². The van der Waals surface area contributed by atoms with Gasteiger partial charge >= 0.3 is 0 Å². The predicted molar refractivity (Wildman–Crippen MR) is 183 cm³/mol. The van der Waals surface area contributed by atoms with Crippen molar-refractivity contribution in [1.82, 2.24) is 10.9 Å². The largest absolute Gasteiger partial charge is 0.497 e. The maximum atomic E-state index is 14.5. The van der Waals surface area contributed by atoms with E-state index in [9.17, 15) is 4.79 Å². The van der Waals surface area contributed by atoms with Gasteiger partial charge in [-0.05, 0) is 65.7 Å². The van der Waals surface area contributed by atoms with Crippen molar-refractivity contribution in [1.29, 1.82) is 0 Å². The fourth-order valence-corrected chi connectivity index (χ4v) is 5.92. The maximum Gasteiger partial charge on any atom is 0.266 e. The Kier molecular flexibility index (Phi) is 11.3. The van der Waals surface area contributed by atoms with Crippen LogP contribution >= 0.6 is 31.9 Å². The summed E-state index contributed by atoms with van der Waals surface area (Å²) in [7, 11) is 3.18. The summed E-state index contributed by atoms with van der Waals surface area (Å²) in [5.41, 5.74) is 7.88. The van der Waals surface area contributed by atoms with Crippen LogP contribution in [0.4, 0.5) is 0 Å². The molecule has 3 N–H and O–H groups in total. The lowest BCUT2D eigenvalue weighted by Crippen LogP contribution is -2.53. The lowest BCUT2D eigenvalue weighted by Gasteiger charge is -2.31. The highest BCUT2D eigenvalue weighted by Crippen LogP contribution is 2.44. The number of hydrogen-bond acceptors (Lipinski definition) is 8. The molecule has 0 bridgehead atoms. The molecule has 5 rings (SSSR count). The number of hydrogen-bond donors (Lipinski definition) is 3. The van der Waals surface area contributed by atoms with E-state index in [2.05, 4.69) is 42.7 Å². The third-order valence-electron chi connectivity index (χ3n) is 7.51. The lowest BCUT2D eigenvalue weighted by atomic mass is 9.82. The number of aliphatic hydroxyl groups excluding tert-OH is 1. The van der Waals surface area contributed by atoms with Crippen LogP contribution in [0.5, 0.6) is 17.2 Å². The number of amides is 1. The molecule has 0 aromatic heterocycles. The Morgan fingerprint density at radius 2 is 1.61 bits per heavy atom. The number of halogens is 2. The van der Waals surface area contributed by atoms with Gasteiger partial charge in [-0.25, -0.2) is 10.4 Å². The number of nitrogens with zero attached hydrogens (tertiary/aromatic N) is 1. The molecule has 0 saturated heterocycles. The van der Waals surface area contributed by atoms with E-state index >= 15 is 0 Å². The first kappa shape index (κ1) is 33.5. The fraction of sp³-hybridized carbons (Fsp3) is 0.257. The second kappa shape index (κ2) is 15.6. The topological polar surface area (TPSA) is 111 Å². The quantitative estimate of drug-likeness (QED) is 0.102. The predicted octanol–water partition coefficient (Wildman–Crippen LogP) is 6.31. The van der Waals surface area contributed by atoms with Crippen molar-refractivity contribution in [3.63, 3.8) is 0 Å². The standard InChI is InChI=1S/C35H35Br2N3O6/c1-43-28-18-24(19-29(20-28)44-2)22-38-40-34(42)35(21-23-8-12-26(36)13-9-23)32(30-6-3-4-7-31(30)37)46-33(39-35)25-10-14-27(15-11-25)45-17-5-16-41/h3-4,6-15,18-20,32,38,41H,5,16-17,21-22H2,1-2H3,(H,40,42)/t32-,35-/m0/s1. The smallest absolute Gasteiger partial charge is 0.266 e. The molecule has 1 amide bonds. The molecule has 46 heavy (non-hydrogen) atoms.